The zero-order valence-corrected chi connectivity index (χ0v) is 56.2. The molecule has 6 N–H and O–H groups in total. The first-order valence-electron chi connectivity index (χ1n) is 36.9. The first kappa shape index (κ1) is 81.6. The Hall–Kier alpha value is -2.38. The second-order valence-corrected chi connectivity index (χ2v) is 25.7. The van der Waals surface area contributed by atoms with Gasteiger partial charge in [-0.1, -0.05) is 333 Å². The van der Waals surface area contributed by atoms with E-state index in [9.17, 15) is 35.1 Å². The Labute approximate surface area is 529 Å². The summed E-state index contributed by atoms with van der Waals surface area (Å²) < 4.78 is 17.7. The first-order valence-corrected chi connectivity index (χ1v) is 36.9. The maximum absolute atomic E-state index is 13.5. The van der Waals surface area contributed by atoms with Crippen molar-refractivity contribution in [3.63, 3.8) is 0 Å². The summed E-state index contributed by atoms with van der Waals surface area (Å²) in [6, 6.07) is -1.03. The lowest BCUT2D eigenvalue weighted by molar-refractivity contribution is -0.305. The van der Waals surface area contributed by atoms with Gasteiger partial charge < -0.3 is 45.1 Å². The average molecular weight is 1210 g/mol. The molecule has 86 heavy (non-hydrogen) atoms. The highest BCUT2D eigenvalue weighted by Crippen LogP contribution is 2.26. The van der Waals surface area contributed by atoms with Crippen molar-refractivity contribution in [3.8, 4) is 0 Å². The predicted molar refractivity (Wildman–Crippen MR) is 361 cm³/mol. The number of carbonyl (C=O) groups excluding carboxylic acids is 2. The fourth-order valence-electron chi connectivity index (χ4n) is 11.7. The number of rotatable bonds is 64. The lowest BCUT2D eigenvalue weighted by Crippen LogP contribution is -2.61. The summed E-state index contributed by atoms with van der Waals surface area (Å²) in [6.07, 6.45) is 68.7. The molecule has 0 aromatic rings. The molecule has 1 amide bonds. The SMILES string of the molecule is CCCCC/C=C\C/C=C\C/C=C\CCCCCCCCCCCC(O)C(=O)NC(COC1OC(CO)C(O)C(O)C1OC(=O)CCCCCCCCCCCCCCCCCCCCCCCCC)C(O)/C=C/CCCCCCCCCCCC. The van der Waals surface area contributed by atoms with E-state index in [0.29, 0.717) is 12.8 Å². The van der Waals surface area contributed by atoms with Gasteiger partial charge >= 0.3 is 5.97 Å². The fraction of sp³-hybridized carbons (Fsp3) is 0.867. The molecule has 504 valence electrons. The van der Waals surface area contributed by atoms with Gasteiger partial charge in [0.2, 0.25) is 5.91 Å². The van der Waals surface area contributed by atoms with Gasteiger partial charge in [-0.15, -0.1) is 0 Å². The Morgan fingerprint density at radius 1 is 0.453 bits per heavy atom. The Kier molecular flexibility index (Phi) is 59.6. The van der Waals surface area contributed by atoms with Crippen LogP contribution in [-0.4, -0.2) is 99.6 Å². The second-order valence-electron chi connectivity index (χ2n) is 25.7. The van der Waals surface area contributed by atoms with Gasteiger partial charge in [-0.3, -0.25) is 9.59 Å². The van der Waals surface area contributed by atoms with E-state index in [1.165, 1.54) is 231 Å². The molecular weight excluding hydrogens is 1070 g/mol. The molecule has 0 radical (unpaired) electrons. The van der Waals surface area contributed by atoms with Crippen LogP contribution >= 0.6 is 0 Å². The van der Waals surface area contributed by atoms with Crippen LogP contribution in [0.5, 0.6) is 0 Å². The molecule has 1 aliphatic rings. The molecule has 11 nitrogen and oxygen atoms in total. The molecule has 0 saturated carbocycles. The average Bonchev–Trinajstić information content (AvgIpc) is 3.59. The van der Waals surface area contributed by atoms with Crippen molar-refractivity contribution in [2.75, 3.05) is 13.2 Å². The summed E-state index contributed by atoms with van der Waals surface area (Å²) >= 11 is 0. The normalized spacial score (nSPS) is 18.5. The van der Waals surface area contributed by atoms with Crippen LogP contribution < -0.4 is 5.32 Å². The van der Waals surface area contributed by atoms with Crippen LogP contribution in [0.15, 0.2) is 48.6 Å². The van der Waals surface area contributed by atoms with Gasteiger partial charge in [-0.2, -0.15) is 0 Å². The lowest BCUT2D eigenvalue weighted by atomic mass is 9.99. The molecule has 8 unspecified atom stereocenters. The number of esters is 1. The number of nitrogens with one attached hydrogen (secondary N) is 1. The molecule has 1 fully saturated rings. The van der Waals surface area contributed by atoms with Crippen LogP contribution in [0.4, 0.5) is 0 Å². The molecule has 0 spiro atoms. The second kappa shape index (κ2) is 62.8. The summed E-state index contributed by atoms with van der Waals surface area (Å²) in [6.45, 7) is 5.82. The number of unbranched alkanes of at least 4 members (excludes halogenated alkanes) is 44. The van der Waals surface area contributed by atoms with Gasteiger partial charge in [-0.25, -0.2) is 0 Å². The van der Waals surface area contributed by atoms with Crippen LogP contribution in [0.2, 0.25) is 0 Å². The fourth-order valence-corrected chi connectivity index (χ4v) is 11.7. The van der Waals surface area contributed by atoms with Crippen LogP contribution in [0.1, 0.15) is 355 Å². The number of carbonyl (C=O) groups is 2. The number of aliphatic hydroxyl groups is 5. The smallest absolute Gasteiger partial charge is 0.306 e. The molecule has 1 aliphatic heterocycles. The summed E-state index contributed by atoms with van der Waals surface area (Å²) in [5, 5.41) is 57.3. The minimum absolute atomic E-state index is 0.128. The van der Waals surface area contributed by atoms with E-state index in [2.05, 4.69) is 62.5 Å². The number of hydrogen-bond acceptors (Lipinski definition) is 10. The first-order chi connectivity index (χ1) is 42.2. The van der Waals surface area contributed by atoms with Gasteiger partial charge in [0.15, 0.2) is 12.4 Å². The standard InChI is InChI=1S/C75H139NO10/c1-4-7-10-13-16-19-22-25-27-29-31-33-35-37-39-41-43-45-48-51-54-57-60-63-70(80)86-73-72(82)71(81)69(64-77)85-75(73)84-65-66(67(78)61-58-55-52-49-46-24-21-18-15-12-9-6-3)76-74(83)68(79)62-59-56-53-50-47-44-42-40-38-36-34-32-30-28-26-23-20-17-14-11-8-5-2/h17,20,26,28,32,34,58,61,66-69,71-73,75,77-79,81-82H,4-16,18-19,21-25,27,29-31,33,35-57,59-60,62-65H2,1-3H3,(H,76,83)/b20-17-,28-26-,34-32-,61-58+. The maximum atomic E-state index is 13.5. The molecule has 1 rings (SSSR count). The molecule has 8 atom stereocenters. The summed E-state index contributed by atoms with van der Waals surface area (Å²) in [7, 11) is 0. The van der Waals surface area contributed by atoms with E-state index in [1.807, 2.05) is 6.08 Å². The Morgan fingerprint density at radius 3 is 1.22 bits per heavy atom. The molecular formula is C75H139NO10. The quantitative estimate of drug-likeness (QED) is 0.0195. The zero-order chi connectivity index (χ0) is 62.4. The third-order valence-corrected chi connectivity index (χ3v) is 17.5. The van der Waals surface area contributed by atoms with E-state index in [1.54, 1.807) is 6.08 Å². The number of hydrogen-bond donors (Lipinski definition) is 6. The molecule has 0 aromatic carbocycles. The number of amides is 1. The highest BCUT2D eigenvalue weighted by atomic mass is 16.7. The molecule has 11 heteroatoms. The van der Waals surface area contributed by atoms with Crippen molar-refractivity contribution in [3.05, 3.63) is 48.6 Å². The lowest BCUT2D eigenvalue weighted by Gasteiger charge is -2.41. The number of allylic oxidation sites excluding steroid dienone is 7. The topological polar surface area (TPSA) is 175 Å². The van der Waals surface area contributed by atoms with Crippen molar-refractivity contribution in [2.45, 2.75) is 404 Å². The maximum Gasteiger partial charge on any atom is 0.306 e. The minimum Gasteiger partial charge on any atom is -0.454 e. The van der Waals surface area contributed by atoms with Crippen LogP contribution in [-0.2, 0) is 23.8 Å². The Bertz CT molecular complexity index is 1590. The summed E-state index contributed by atoms with van der Waals surface area (Å²) in [5.41, 5.74) is 0. The minimum atomic E-state index is -1.61. The Balaban J connectivity index is 2.55. The molecule has 1 heterocycles. The van der Waals surface area contributed by atoms with E-state index in [4.69, 9.17) is 14.2 Å². The van der Waals surface area contributed by atoms with E-state index in [0.717, 1.165) is 77.0 Å². The molecule has 0 aromatic heterocycles. The van der Waals surface area contributed by atoms with Gasteiger partial charge in [0, 0.05) is 6.42 Å². The van der Waals surface area contributed by atoms with Crippen molar-refractivity contribution in [1.29, 1.82) is 0 Å². The van der Waals surface area contributed by atoms with Gasteiger partial charge in [0.25, 0.3) is 0 Å². The predicted octanol–water partition coefficient (Wildman–Crippen LogP) is 19.1. The van der Waals surface area contributed by atoms with Crippen LogP contribution in [0.25, 0.3) is 0 Å². The monoisotopic (exact) mass is 1210 g/mol. The van der Waals surface area contributed by atoms with E-state index >= 15 is 0 Å². The third kappa shape index (κ3) is 49.4. The van der Waals surface area contributed by atoms with E-state index in [-0.39, 0.29) is 19.4 Å². The van der Waals surface area contributed by atoms with E-state index < -0.39 is 67.4 Å². The summed E-state index contributed by atoms with van der Waals surface area (Å²) in [5.74, 6) is -1.18. The Morgan fingerprint density at radius 2 is 0.802 bits per heavy atom. The molecule has 0 aliphatic carbocycles. The molecule has 1 saturated heterocycles. The number of ether oxygens (including phenoxy) is 3. The highest BCUT2D eigenvalue weighted by Gasteiger charge is 2.47. The van der Waals surface area contributed by atoms with Gasteiger partial charge in [-0.05, 0) is 64.2 Å². The van der Waals surface area contributed by atoms with Crippen LogP contribution in [0.3, 0.4) is 0 Å². The largest absolute Gasteiger partial charge is 0.454 e. The van der Waals surface area contributed by atoms with Crippen molar-refractivity contribution >= 4 is 11.9 Å². The van der Waals surface area contributed by atoms with Crippen molar-refractivity contribution < 1.29 is 49.3 Å². The third-order valence-electron chi connectivity index (χ3n) is 17.5. The number of aliphatic hydroxyl groups excluding tert-OH is 5. The van der Waals surface area contributed by atoms with Crippen LogP contribution in [0, 0.1) is 0 Å². The van der Waals surface area contributed by atoms with Crippen molar-refractivity contribution in [1.82, 2.24) is 5.32 Å². The van der Waals surface area contributed by atoms with Gasteiger partial charge in [0.05, 0.1) is 25.4 Å². The summed E-state index contributed by atoms with van der Waals surface area (Å²) in [4.78, 5) is 26.7. The van der Waals surface area contributed by atoms with Gasteiger partial charge in [0.1, 0.15) is 24.4 Å². The zero-order valence-electron chi connectivity index (χ0n) is 56.2. The highest BCUT2D eigenvalue weighted by molar-refractivity contribution is 5.80. The molecule has 0 bridgehead atoms. The van der Waals surface area contributed by atoms with Crippen molar-refractivity contribution in [2.24, 2.45) is 0 Å².